The summed E-state index contributed by atoms with van der Waals surface area (Å²) in [6.07, 6.45) is 3.27. The average Bonchev–Trinajstić information content (AvgIpc) is 2.48. The molecule has 0 aliphatic rings. The average molecular weight is 163 g/mol. The third-order valence-corrected chi connectivity index (χ3v) is 1.77. The van der Waals surface area contributed by atoms with Crippen LogP contribution in [0.3, 0.4) is 0 Å². The van der Waals surface area contributed by atoms with Crippen molar-refractivity contribution in [1.82, 2.24) is 19.7 Å². The summed E-state index contributed by atoms with van der Waals surface area (Å²) in [5.41, 5.74) is 0.842. The molecule has 5 heteroatoms. The summed E-state index contributed by atoms with van der Waals surface area (Å²) in [5.74, 6) is 0.813. The molecule has 0 radical (unpaired) electrons. The van der Waals surface area contributed by atoms with Gasteiger partial charge in [0.25, 0.3) is 0 Å². The summed E-state index contributed by atoms with van der Waals surface area (Å²) in [6, 6.07) is 0. The largest absolute Gasteiger partial charge is 0.372 e. The molecule has 1 N–H and O–H groups in total. The highest BCUT2D eigenvalue weighted by Crippen LogP contribution is 2.16. The van der Waals surface area contributed by atoms with Crippen LogP contribution >= 0.6 is 0 Å². The summed E-state index contributed by atoms with van der Waals surface area (Å²) < 4.78 is 1.72. The van der Waals surface area contributed by atoms with Crippen molar-refractivity contribution >= 4 is 16.9 Å². The minimum absolute atomic E-state index is 0.813. The molecule has 0 aliphatic carbocycles. The monoisotopic (exact) mass is 163 g/mol. The first-order valence-corrected chi connectivity index (χ1v) is 3.63. The minimum Gasteiger partial charge on any atom is -0.372 e. The van der Waals surface area contributed by atoms with E-state index in [4.69, 9.17) is 0 Å². The van der Waals surface area contributed by atoms with Crippen molar-refractivity contribution in [2.45, 2.75) is 0 Å². The van der Waals surface area contributed by atoms with Gasteiger partial charge in [0.15, 0.2) is 5.65 Å². The topological polar surface area (TPSA) is 55.6 Å². The van der Waals surface area contributed by atoms with Gasteiger partial charge in [-0.05, 0) is 0 Å². The summed E-state index contributed by atoms with van der Waals surface area (Å²) in [7, 11) is 3.68. The van der Waals surface area contributed by atoms with Crippen LogP contribution in [0.2, 0.25) is 0 Å². The Labute approximate surface area is 69.4 Å². The van der Waals surface area contributed by atoms with Crippen LogP contribution in [0.5, 0.6) is 0 Å². The molecule has 0 saturated carbocycles. The van der Waals surface area contributed by atoms with Crippen molar-refractivity contribution < 1.29 is 0 Å². The predicted molar refractivity (Wildman–Crippen MR) is 45.9 cm³/mol. The van der Waals surface area contributed by atoms with Gasteiger partial charge in [-0.3, -0.25) is 4.68 Å². The molecule has 0 fully saturated rings. The zero-order chi connectivity index (χ0) is 8.55. The van der Waals surface area contributed by atoms with Crippen molar-refractivity contribution in [3.8, 4) is 0 Å². The fourth-order valence-electron chi connectivity index (χ4n) is 1.16. The molecule has 0 saturated heterocycles. The zero-order valence-electron chi connectivity index (χ0n) is 6.94. The number of fused-ring (bicyclic) bond motifs is 1. The molecule has 62 valence electrons. The van der Waals surface area contributed by atoms with E-state index in [1.54, 1.807) is 10.9 Å². The lowest BCUT2D eigenvalue weighted by Crippen LogP contribution is -1.96. The molecular weight excluding hydrogens is 154 g/mol. The lowest BCUT2D eigenvalue weighted by Gasteiger charge is -1.98. The Morgan fingerprint density at radius 3 is 3.00 bits per heavy atom. The maximum absolute atomic E-state index is 4.10. The third-order valence-electron chi connectivity index (χ3n) is 1.77. The molecule has 0 bridgehead atoms. The van der Waals surface area contributed by atoms with Gasteiger partial charge in [-0.25, -0.2) is 9.97 Å². The van der Waals surface area contributed by atoms with Crippen LogP contribution in [-0.2, 0) is 7.05 Å². The second kappa shape index (κ2) is 2.44. The van der Waals surface area contributed by atoms with E-state index in [-0.39, 0.29) is 0 Å². The summed E-state index contributed by atoms with van der Waals surface area (Å²) in [5, 5.41) is 8.00. The number of rotatable bonds is 1. The number of nitrogens with one attached hydrogen (secondary N) is 1. The summed E-state index contributed by atoms with van der Waals surface area (Å²) in [6.45, 7) is 0. The molecule has 0 aromatic carbocycles. The van der Waals surface area contributed by atoms with Crippen molar-refractivity contribution in [1.29, 1.82) is 0 Å². The van der Waals surface area contributed by atoms with Crippen LogP contribution in [0.4, 0.5) is 5.82 Å². The van der Waals surface area contributed by atoms with Crippen LogP contribution in [0.25, 0.3) is 11.0 Å². The van der Waals surface area contributed by atoms with Crippen molar-refractivity contribution in [2.75, 3.05) is 12.4 Å². The van der Waals surface area contributed by atoms with Gasteiger partial charge in [0.1, 0.15) is 12.1 Å². The Balaban J connectivity index is 2.81. The second-order valence-corrected chi connectivity index (χ2v) is 2.48. The molecular formula is C7H9N5. The SMILES string of the molecule is CNc1ncnc2c1cnn2C. The Hall–Kier alpha value is -1.65. The molecule has 12 heavy (non-hydrogen) atoms. The first-order chi connectivity index (χ1) is 5.83. The highest BCUT2D eigenvalue weighted by Gasteiger charge is 2.04. The van der Waals surface area contributed by atoms with Crippen LogP contribution in [0.1, 0.15) is 0 Å². The fourth-order valence-corrected chi connectivity index (χ4v) is 1.16. The molecule has 5 nitrogen and oxygen atoms in total. The van der Waals surface area contributed by atoms with E-state index in [9.17, 15) is 0 Å². The van der Waals surface area contributed by atoms with E-state index >= 15 is 0 Å². The van der Waals surface area contributed by atoms with Crippen LogP contribution in [0, 0.1) is 0 Å². The Bertz CT molecular complexity index is 405. The van der Waals surface area contributed by atoms with Gasteiger partial charge in [0, 0.05) is 14.1 Å². The van der Waals surface area contributed by atoms with E-state index in [0.29, 0.717) is 0 Å². The number of hydrogen-bond acceptors (Lipinski definition) is 4. The highest BCUT2D eigenvalue weighted by molar-refractivity contribution is 5.85. The molecule has 2 rings (SSSR count). The molecule has 0 amide bonds. The van der Waals surface area contributed by atoms with E-state index in [1.807, 2.05) is 14.1 Å². The van der Waals surface area contributed by atoms with Gasteiger partial charge in [-0.15, -0.1) is 0 Å². The number of anilines is 1. The van der Waals surface area contributed by atoms with Gasteiger partial charge in [-0.1, -0.05) is 0 Å². The van der Waals surface area contributed by atoms with Gasteiger partial charge >= 0.3 is 0 Å². The first kappa shape index (κ1) is 7.02. The fraction of sp³-hybridized carbons (Fsp3) is 0.286. The van der Waals surface area contributed by atoms with E-state index in [1.165, 1.54) is 6.33 Å². The normalized spacial score (nSPS) is 10.5. The molecule has 2 aromatic heterocycles. The van der Waals surface area contributed by atoms with Crippen LogP contribution < -0.4 is 5.32 Å². The molecule has 0 spiro atoms. The lowest BCUT2D eigenvalue weighted by molar-refractivity contribution is 0.785. The molecule has 0 aliphatic heterocycles. The molecule has 2 heterocycles. The van der Waals surface area contributed by atoms with Crippen molar-refractivity contribution in [2.24, 2.45) is 7.05 Å². The van der Waals surface area contributed by atoms with Crippen molar-refractivity contribution in [3.05, 3.63) is 12.5 Å². The number of nitrogens with zero attached hydrogens (tertiary/aromatic N) is 4. The summed E-state index contributed by atoms with van der Waals surface area (Å²) in [4.78, 5) is 8.16. The van der Waals surface area contributed by atoms with Gasteiger partial charge in [0.05, 0.1) is 11.6 Å². The van der Waals surface area contributed by atoms with E-state index < -0.39 is 0 Å². The van der Waals surface area contributed by atoms with Crippen molar-refractivity contribution in [3.63, 3.8) is 0 Å². The quantitative estimate of drug-likeness (QED) is 0.661. The minimum atomic E-state index is 0.813. The van der Waals surface area contributed by atoms with E-state index in [0.717, 1.165) is 16.9 Å². The maximum atomic E-state index is 4.10. The second-order valence-electron chi connectivity index (χ2n) is 2.48. The predicted octanol–water partition coefficient (Wildman–Crippen LogP) is 0.405. The number of aromatic nitrogens is 4. The Kier molecular flexibility index (Phi) is 1.43. The standard InChI is InChI=1S/C7H9N5/c1-8-6-5-3-11-12(2)7(5)10-4-9-6/h3-4H,1-2H3,(H,8,9,10). The molecule has 0 unspecified atom stereocenters. The van der Waals surface area contributed by atoms with Crippen LogP contribution in [0.15, 0.2) is 12.5 Å². The third kappa shape index (κ3) is 0.827. The number of hydrogen-bond donors (Lipinski definition) is 1. The van der Waals surface area contributed by atoms with Gasteiger partial charge in [0.2, 0.25) is 0 Å². The lowest BCUT2D eigenvalue weighted by atomic mass is 10.4. The van der Waals surface area contributed by atoms with Crippen LogP contribution in [-0.4, -0.2) is 26.8 Å². The zero-order valence-corrected chi connectivity index (χ0v) is 6.94. The number of aryl methyl sites for hydroxylation is 1. The Morgan fingerprint density at radius 1 is 1.42 bits per heavy atom. The smallest absolute Gasteiger partial charge is 0.163 e. The van der Waals surface area contributed by atoms with Gasteiger partial charge in [-0.2, -0.15) is 5.10 Å². The Morgan fingerprint density at radius 2 is 2.25 bits per heavy atom. The maximum Gasteiger partial charge on any atom is 0.163 e. The summed E-state index contributed by atoms with van der Waals surface area (Å²) >= 11 is 0. The molecule has 0 atom stereocenters. The van der Waals surface area contributed by atoms with Gasteiger partial charge < -0.3 is 5.32 Å². The molecule has 2 aromatic rings. The first-order valence-electron chi connectivity index (χ1n) is 3.63. The van der Waals surface area contributed by atoms with E-state index in [2.05, 4.69) is 20.4 Å². The highest BCUT2D eigenvalue weighted by atomic mass is 15.3.